The van der Waals surface area contributed by atoms with E-state index in [0.717, 1.165) is 4.70 Å². The molecular formula is C18H16N2O5S. The molecule has 0 spiro atoms. The molecule has 0 unspecified atom stereocenters. The van der Waals surface area contributed by atoms with E-state index in [1.807, 2.05) is 0 Å². The predicted molar refractivity (Wildman–Crippen MR) is 98.5 cm³/mol. The number of nitrogens with zero attached hydrogens (tertiary/aromatic N) is 1. The van der Waals surface area contributed by atoms with Crippen molar-refractivity contribution < 1.29 is 23.8 Å². The van der Waals surface area contributed by atoms with Gasteiger partial charge in [0.25, 0.3) is 5.91 Å². The minimum absolute atomic E-state index is 0.184. The van der Waals surface area contributed by atoms with Crippen LogP contribution in [0.5, 0.6) is 11.5 Å². The Bertz CT molecular complexity index is 942. The van der Waals surface area contributed by atoms with E-state index in [-0.39, 0.29) is 11.1 Å². The highest BCUT2D eigenvalue weighted by Crippen LogP contribution is 2.38. The van der Waals surface area contributed by atoms with Crippen LogP contribution in [-0.4, -0.2) is 38.2 Å². The van der Waals surface area contributed by atoms with Gasteiger partial charge in [-0.3, -0.25) is 10.1 Å². The number of esters is 1. The van der Waals surface area contributed by atoms with Crippen LogP contribution in [0.15, 0.2) is 36.4 Å². The summed E-state index contributed by atoms with van der Waals surface area (Å²) in [7, 11) is 4.38. The van der Waals surface area contributed by atoms with E-state index in [1.54, 1.807) is 44.6 Å². The van der Waals surface area contributed by atoms with Gasteiger partial charge in [-0.15, -0.1) is 0 Å². The molecule has 0 bridgehead atoms. The van der Waals surface area contributed by atoms with Gasteiger partial charge in [0.05, 0.1) is 32.5 Å². The monoisotopic (exact) mass is 372 g/mol. The third-order valence-electron chi connectivity index (χ3n) is 3.71. The average molecular weight is 372 g/mol. The first-order chi connectivity index (χ1) is 12.6. The van der Waals surface area contributed by atoms with Gasteiger partial charge >= 0.3 is 5.97 Å². The van der Waals surface area contributed by atoms with Crippen molar-refractivity contribution in [3.63, 3.8) is 0 Å². The number of fused-ring (bicyclic) bond motifs is 1. The smallest absolute Gasteiger partial charge is 0.338 e. The van der Waals surface area contributed by atoms with Crippen LogP contribution < -0.4 is 14.8 Å². The van der Waals surface area contributed by atoms with Crippen LogP contribution >= 0.6 is 11.3 Å². The third-order valence-corrected chi connectivity index (χ3v) is 4.69. The number of ether oxygens (including phenoxy) is 3. The van der Waals surface area contributed by atoms with Crippen LogP contribution in [0.25, 0.3) is 10.2 Å². The molecule has 2 aromatic carbocycles. The number of anilines is 1. The molecule has 1 N–H and O–H groups in total. The van der Waals surface area contributed by atoms with Crippen molar-refractivity contribution in [3.8, 4) is 11.5 Å². The molecule has 1 amide bonds. The van der Waals surface area contributed by atoms with Crippen LogP contribution in [0.1, 0.15) is 20.7 Å². The lowest BCUT2D eigenvalue weighted by atomic mass is 10.1. The summed E-state index contributed by atoms with van der Waals surface area (Å²) in [4.78, 5) is 28.9. The van der Waals surface area contributed by atoms with E-state index in [4.69, 9.17) is 14.2 Å². The number of nitrogens with one attached hydrogen (secondary N) is 1. The first-order valence-corrected chi connectivity index (χ1v) is 8.41. The zero-order valence-corrected chi connectivity index (χ0v) is 15.2. The fourth-order valence-corrected chi connectivity index (χ4v) is 3.44. The highest BCUT2D eigenvalue weighted by Gasteiger charge is 2.20. The lowest BCUT2D eigenvalue weighted by Crippen LogP contribution is -2.16. The zero-order chi connectivity index (χ0) is 18.7. The summed E-state index contributed by atoms with van der Waals surface area (Å²) < 4.78 is 16.1. The number of methoxy groups -OCH3 is 3. The maximum Gasteiger partial charge on any atom is 0.338 e. The van der Waals surface area contributed by atoms with Crippen molar-refractivity contribution in [1.29, 1.82) is 0 Å². The number of rotatable bonds is 5. The van der Waals surface area contributed by atoms with Gasteiger partial charge in [0.1, 0.15) is 21.7 Å². The Hall–Kier alpha value is -3.13. The molecule has 0 aliphatic heterocycles. The Balaban J connectivity index is 1.97. The number of hydrogen-bond acceptors (Lipinski definition) is 7. The Morgan fingerprint density at radius 2 is 1.62 bits per heavy atom. The lowest BCUT2D eigenvalue weighted by molar-refractivity contribution is 0.0597. The molecule has 0 fully saturated rings. The van der Waals surface area contributed by atoms with Gasteiger partial charge in [-0.25, -0.2) is 9.78 Å². The summed E-state index contributed by atoms with van der Waals surface area (Å²) in [5, 5.41) is 3.09. The Morgan fingerprint density at radius 3 is 2.27 bits per heavy atom. The molecule has 8 heteroatoms. The normalized spacial score (nSPS) is 10.4. The number of amides is 1. The summed E-state index contributed by atoms with van der Waals surface area (Å²) in [5.41, 5.74) is 0.981. The van der Waals surface area contributed by atoms with Gasteiger partial charge in [-0.1, -0.05) is 23.5 Å². The number of carbonyl (C=O) groups excluding carboxylic acids is 2. The second kappa shape index (κ2) is 7.40. The topological polar surface area (TPSA) is 86.8 Å². The van der Waals surface area contributed by atoms with Crippen LogP contribution in [0, 0.1) is 0 Å². The summed E-state index contributed by atoms with van der Waals surface area (Å²) in [6.45, 7) is 0. The quantitative estimate of drug-likeness (QED) is 0.691. The molecule has 0 saturated carbocycles. The summed E-state index contributed by atoms with van der Waals surface area (Å²) >= 11 is 1.26. The van der Waals surface area contributed by atoms with Gasteiger partial charge in [-0.05, 0) is 24.3 Å². The van der Waals surface area contributed by atoms with Crippen LogP contribution in [0.3, 0.4) is 0 Å². The van der Waals surface area contributed by atoms with Gasteiger partial charge in [0.2, 0.25) is 0 Å². The van der Waals surface area contributed by atoms with E-state index in [0.29, 0.717) is 22.1 Å². The lowest BCUT2D eigenvalue weighted by Gasteiger charge is -2.06. The maximum atomic E-state index is 12.6. The molecule has 134 valence electrons. The molecule has 0 aliphatic rings. The number of thiazole rings is 1. The minimum Gasteiger partial charge on any atom is -0.495 e. The average Bonchev–Trinajstić information content (AvgIpc) is 3.10. The Morgan fingerprint density at radius 1 is 0.962 bits per heavy atom. The van der Waals surface area contributed by atoms with Gasteiger partial charge < -0.3 is 14.2 Å². The van der Waals surface area contributed by atoms with Gasteiger partial charge in [0, 0.05) is 0 Å². The maximum absolute atomic E-state index is 12.6. The second-order valence-electron chi connectivity index (χ2n) is 5.16. The molecule has 3 rings (SSSR count). The molecule has 1 aromatic heterocycles. The van der Waals surface area contributed by atoms with E-state index < -0.39 is 11.9 Å². The zero-order valence-electron chi connectivity index (χ0n) is 14.4. The summed E-state index contributed by atoms with van der Waals surface area (Å²) in [6, 6.07) is 9.94. The number of benzene rings is 2. The van der Waals surface area contributed by atoms with E-state index in [2.05, 4.69) is 10.3 Å². The van der Waals surface area contributed by atoms with E-state index >= 15 is 0 Å². The summed E-state index contributed by atoms with van der Waals surface area (Å²) in [5.74, 6) is 0.174. The first-order valence-electron chi connectivity index (χ1n) is 7.59. The Kier molecular flexibility index (Phi) is 5.04. The van der Waals surface area contributed by atoms with Crippen molar-refractivity contribution in [3.05, 3.63) is 47.5 Å². The minimum atomic E-state index is -0.580. The third kappa shape index (κ3) is 3.18. The van der Waals surface area contributed by atoms with Crippen molar-refractivity contribution in [2.24, 2.45) is 0 Å². The predicted octanol–water partition coefficient (Wildman–Crippen LogP) is 3.35. The SMILES string of the molecule is COC(=O)c1ccccc1C(=O)Nc1nc2c(OC)ccc(OC)c2s1. The molecule has 0 aliphatic carbocycles. The van der Waals surface area contributed by atoms with E-state index in [1.165, 1.54) is 24.5 Å². The van der Waals surface area contributed by atoms with Crippen LogP contribution in [0.2, 0.25) is 0 Å². The molecule has 1 heterocycles. The molecule has 3 aromatic rings. The molecule has 0 radical (unpaired) electrons. The van der Waals surface area contributed by atoms with E-state index in [9.17, 15) is 9.59 Å². The molecule has 0 saturated heterocycles. The van der Waals surface area contributed by atoms with Crippen molar-refractivity contribution >= 4 is 38.6 Å². The fourth-order valence-electron chi connectivity index (χ4n) is 2.47. The number of carbonyl (C=O) groups is 2. The van der Waals surface area contributed by atoms with Crippen LogP contribution in [0.4, 0.5) is 5.13 Å². The van der Waals surface area contributed by atoms with Gasteiger partial charge in [-0.2, -0.15) is 0 Å². The molecule has 7 nitrogen and oxygen atoms in total. The second-order valence-corrected chi connectivity index (χ2v) is 6.16. The molecule has 26 heavy (non-hydrogen) atoms. The van der Waals surface area contributed by atoms with Crippen molar-refractivity contribution in [2.45, 2.75) is 0 Å². The fraction of sp³-hybridized carbons (Fsp3) is 0.167. The number of aromatic nitrogens is 1. The van der Waals surface area contributed by atoms with Crippen LogP contribution in [-0.2, 0) is 4.74 Å². The Labute approximate surface area is 153 Å². The standard InChI is InChI=1S/C18H16N2O5S/c1-23-12-8-9-13(24-2)15-14(12)19-18(26-15)20-16(21)10-6-4-5-7-11(10)17(22)25-3/h4-9H,1-3H3,(H,19,20,21). The van der Waals surface area contributed by atoms with Crippen molar-refractivity contribution in [1.82, 2.24) is 4.98 Å². The molecule has 0 atom stereocenters. The summed E-state index contributed by atoms with van der Waals surface area (Å²) in [6.07, 6.45) is 0. The van der Waals surface area contributed by atoms with Gasteiger partial charge in [0.15, 0.2) is 5.13 Å². The highest BCUT2D eigenvalue weighted by atomic mass is 32.1. The first kappa shape index (κ1) is 17.7. The van der Waals surface area contributed by atoms with Crippen molar-refractivity contribution in [2.75, 3.05) is 26.6 Å². The largest absolute Gasteiger partial charge is 0.495 e. The highest BCUT2D eigenvalue weighted by molar-refractivity contribution is 7.22. The number of hydrogen-bond donors (Lipinski definition) is 1. The molecular weight excluding hydrogens is 356 g/mol.